The van der Waals surface area contributed by atoms with E-state index < -0.39 is 5.91 Å². The minimum absolute atomic E-state index is 0.141. The van der Waals surface area contributed by atoms with E-state index in [2.05, 4.69) is 21.2 Å². The molecule has 1 fully saturated rings. The summed E-state index contributed by atoms with van der Waals surface area (Å²) in [6.45, 7) is 0. The average Bonchev–Trinajstić information content (AvgIpc) is 2.77. The molecule has 1 aliphatic rings. The highest BCUT2D eigenvalue weighted by Crippen LogP contribution is 2.30. The van der Waals surface area contributed by atoms with Crippen LogP contribution in [0.1, 0.15) is 12.8 Å². The van der Waals surface area contributed by atoms with Crippen molar-refractivity contribution >= 4 is 54.9 Å². The van der Waals surface area contributed by atoms with E-state index in [4.69, 9.17) is 0 Å². The lowest BCUT2D eigenvalue weighted by atomic mass is 10.0. The van der Waals surface area contributed by atoms with E-state index >= 15 is 0 Å². The standard InChI is InChI=1S/C17H10BrNO3/c18-12-6-4-10-14-8(12)2-1-3-9(14)15(16(10)21)11-5-7-13(20)19-17(11)22/h1-4,6H,5,7H2,(H,19,20,22)/b15-11+. The summed E-state index contributed by atoms with van der Waals surface area (Å²) in [5, 5.41) is 5.94. The Kier molecular flexibility index (Phi) is 2.81. The van der Waals surface area contributed by atoms with Crippen LogP contribution in [0.15, 0.2) is 39.6 Å². The van der Waals surface area contributed by atoms with Crippen LogP contribution in [0, 0.1) is 0 Å². The van der Waals surface area contributed by atoms with Crippen LogP contribution >= 0.6 is 15.9 Å². The van der Waals surface area contributed by atoms with E-state index in [1.54, 1.807) is 6.07 Å². The van der Waals surface area contributed by atoms with Gasteiger partial charge in [-0.2, -0.15) is 0 Å². The molecule has 0 atom stereocenters. The summed E-state index contributed by atoms with van der Waals surface area (Å²) in [7, 11) is 0. The molecule has 1 aliphatic heterocycles. The molecule has 1 heterocycles. The molecule has 22 heavy (non-hydrogen) atoms. The lowest BCUT2D eigenvalue weighted by molar-refractivity contribution is -0.129. The fraction of sp³-hybridized carbons (Fsp3) is 0.118. The second-order valence-electron chi connectivity index (χ2n) is 5.38. The van der Waals surface area contributed by atoms with Crippen molar-refractivity contribution in [2.24, 2.45) is 0 Å². The third-order valence-corrected chi connectivity index (χ3v) is 4.85. The van der Waals surface area contributed by atoms with Gasteiger partial charge in [-0.3, -0.25) is 19.7 Å². The van der Waals surface area contributed by atoms with Gasteiger partial charge >= 0.3 is 0 Å². The third-order valence-electron chi connectivity index (χ3n) is 4.16. The number of halogens is 1. The molecule has 108 valence electrons. The van der Waals surface area contributed by atoms with E-state index in [-0.39, 0.29) is 17.8 Å². The highest BCUT2D eigenvalue weighted by atomic mass is 79.9. The number of imide groups is 1. The van der Waals surface area contributed by atoms with Gasteiger partial charge in [-0.15, -0.1) is 0 Å². The summed E-state index contributed by atoms with van der Waals surface area (Å²) in [6, 6.07) is 9.29. The van der Waals surface area contributed by atoms with Gasteiger partial charge in [0.15, 0.2) is 5.43 Å². The monoisotopic (exact) mass is 355 g/mol. The Morgan fingerprint density at radius 3 is 2.45 bits per heavy atom. The summed E-state index contributed by atoms with van der Waals surface area (Å²) in [5.74, 6) is -0.748. The molecule has 5 heteroatoms. The molecule has 4 rings (SSSR count). The Morgan fingerprint density at radius 1 is 0.909 bits per heavy atom. The number of hydrogen-bond acceptors (Lipinski definition) is 3. The maximum Gasteiger partial charge on any atom is 0.254 e. The van der Waals surface area contributed by atoms with E-state index in [1.807, 2.05) is 24.3 Å². The molecule has 0 aliphatic carbocycles. The van der Waals surface area contributed by atoms with Gasteiger partial charge in [-0.1, -0.05) is 34.1 Å². The van der Waals surface area contributed by atoms with E-state index in [0.29, 0.717) is 22.6 Å². The highest BCUT2D eigenvalue weighted by Gasteiger charge is 2.24. The molecule has 0 saturated carbocycles. The molecule has 3 aromatic rings. The zero-order valence-corrected chi connectivity index (χ0v) is 13.0. The van der Waals surface area contributed by atoms with Crippen LogP contribution in [-0.2, 0) is 9.59 Å². The molecule has 2 amide bonds. The van der Waals surface area contributed by atoms with Crippen molar-refractivity contribution in [1.29, 1.82) is 0 Å². The maximum absolute atomic E-state index is 12.8. The van der Waals surface area contributed by atoms with Crippen LogP contribution in [0.2, 0.25) is 0 Å². The van der Waals surface area contributed by atoms with Gasteiger partial charge < -0.3 is 0 Å². The molecule has 0 spiro atoms. The zero-order chi connectivity index (χ0) is 15.4. The Hall–Kier alpha value is -2.27. The fourth-order valence-electron chi connectivity index (χ4n) is 3.18. The SMILES string of the molecule is O=C1CC/C(=c2\c(=O)c3ccc(Br)c4cccc2c43)C(=O)N1. The molecule has 0 bridgehead atoms. The quantitative estimate of drug-likeness (QED) is 0.626. The number of piperidine rings is 1. The first-order chi connectivity index (χ1) is 10.6. The first-order valence-electron chi connectivity index (χ1n) is 6.91. The van der Waals surface area contributed by atoms with Gasteiger partial charge in [0.25, 0.3) is 5.91 Å². The number of amides is 2. The Bertz CT molecular complexity index is 1070. The van der Waals surface area contributed by atoms with Crippen molar-refractivity contribution in [3.63, 3.8) is 0 Å². The second-order valence-corrected chi connectivity index (χ2v) is 6.24. The number of benzene rings is 2. The molecule has 4 nitrogen and oxygen atoms in total. The Balaban J connectivity index is 2.23. The molecule has 3 aromatic carbocycles. The van der Waals surface area contributed by atoms with Crippen LogP contribution in [0.25, 0.3) is 27.1 Å². The lowest BCUT2D eigenvalue weighted by Gasteiger charge is -2.12. The van der Waals surface area contributed by atoms with Crippen LogP contribution < -0.4 is 16.0 Å². The molecule has 1 saturated heterocycles. The first-order valence-corrected chi connectivity index (χ1v) is 7.71. The minimum Gasteiger partial charge on any atom is -0.293 e. The fourth-order valence-corrected chi connectivity index (χ4v) is 3.64. The predicted octanol–water partition coefficient (Wildman–Crippen LogP) is 1.86. The molecule has 0 unspecified atom stereocenters. The highest BCUT2D eigenvalue weighted by molar-refractivity contribution is 9.10. The van der Waals surface area contributed by atoms with Crippen molar-refractivity contribution < 1.29 is 9.59 Å². The van der Waals surface area contributed by atoms with E-state index in [9.17, 15) is 14.4 Å². The van der Waals surface area contributed by atoms with Crippen molar-refractivity contribution in [3.05, 3.63) is 50.2 Å². The third kappa shape index (κ3) is 1.72. The predicted molar refractivity (Wildman–Crippen MR) is 87.6 cm³/mol. The van der Waals surface area contributed by atoms with Gasteiger partial charge in [0.2, 0.25) is 5.91 Å². The van der Waals surface area contributed by atoms with Crippen molar-refractivity contribution in [2.45, 2.75) is 12.8 Å². The summed E-state index contributed by atoms with van der Waals surface area (Å²) < 4.78 is 0.912. The van der Waals surface area contributed by atoms with Gasteiger partial charge in [0.05, 0.1) is 0 Å². The molecule has 0 radical (unpaired) electrons. The maximum atomic E-state index is 12.8. The van der Waals surface area contributed by atoms with E-state index in [1.165, 1.54) is 0 Å². The van der Waals surface area contributed by atoms with Crippen LogP contribution in [-0.4, -0.2) is 11.8 Å². The number of nitrogens with one attached hydrogen (secondary N) is 1. The first kappa shape index (κ1) is 13.4. The summed E-state index contributed by atoms with van der Waals surface area (Å²) in [5.41, 5.74) is 0.266. The number of rotatable bonds is 0. The molecule has 0 aromatic heterocycles. The second kappa shape index (κ2) is 4.61. The van der Waals surface area contributed by atoms with Gasteiger partial charge in [-0.05, 0) is 29.3 Å². The Labute approximate surface area is 133 Å². The topological polar surface area (TPSA) is 63.2 Å². The van der Waals surface area contributed by atoms with Crippen LogP contribution in [0.4, 0.5) is 0 Å². The minimum atomic E-state index is -0.455. The van der Waals surface area contributed by atoms with Crippen molar-refractivity contribution in [2.75, 3.05) is 0 Å². The van der Waals surface area contributed by atoms with E-state index in [0.717, 1.165) is 20.6 Å². The largest absolute Gasteiger partial charge is 0.293 e. The summed E-state index contributed by atoms with van der Waals surface area (Å²) in [4.78, 5) is 36.2. The van der Waals surface area contributed by atoms with Crippen LogP contribution in [0.3, 0.4) is 0 Å². The number of carbonyl (C=O) groups is 2. The molecular formula is C17H10BrNO3. The van der Waals surface area contributed by atoms with Crippen LogP contribution in [0.5, 0.6) is 0 Å². The summed E-state index contributed by atoms with van der Waals surface area (Å²) in [6.07, 6.45) is 0.533. The van der Waals surface area contributed by atoms with Crippen molar-refractivity contribution in [3.8, 4) is 0 Å². The average molecular weight is 356 g/mol. The summed E-state index contributed by atoms with van der Waals surface area (Å²) >= 11 is 3.50. The number of hydrogen-bond donors (Lipinski definition) is 1. The normalized spacial score (nSPS) is 18.2. The molecular weight excluding hydrogens is 346 g/mol. The molecule has 1 N–H and O–H groups in total. The van der Waals surface area contributed by atoms with Gasteiger partial charge in [0, 0.05) is 32.5 Å². The Morgan fingerprint density at radius 2 is 1.68 bits per heavy atom. The smallest absolute Gasteiger partial charge is 0.254 e. The zero-order valence-electron chi connectivity index (χ0n) is 11.4. The van der Waals surface area contributed by atoms with Gasteiger partial charge in [-0.25, -0.2) is 0 Å². The lowest BCUT2D eigenvalue weighted by Crippen LogP contribution is -2.40. The van der Waals surface area contributed by atoms with Gasteiger partial charge in [0.1, 0.15) is 0 Å². The number of carbonyl (C=O) groups excluding carboxylic acids is 2. The van der Waals surface area contributed by atoms with Crippen molar-refractivity contribution in [1.82, 2.24) is 5.32 Å².